The first-order valence-corrected chi connectivity index (χ1v) is 6.47. The van der Waals surface area contributed by atoms with Crippen molar-refractivity contribution in [2.75, 3.05) is 5.08 Å². The van der Waals surface area contributed by atoms with E-state index >= 15 is 0 Å². The summed E-state index contributed by atoms with van der Waals surface area (Å²) >= 11 is 2.73. The van der Waals surface area contributed by atoms with Crippen LogP contribution in [-0.4, -0.2) is 28.2 Å². The van der Waals surface area contributed by atoms with Crippen molar-refractivity contribution in [2.24, 2.45) is 0 Å². The van der Waals surface area contributed by atoms with Crippen molar-refractivity contribution in [1.29, 1.82) is 0 Å². The maximum absolute atomic E-state index is 11.5. The number of ether oxygens (including phenoxy) is 1. The first-order chi connectivity index (χ1) is 7.06. The van der Waals surface area contributed by atoms with Gasteiger partial charge in [0, 0.05) is 5.08 Å². The number of esters is 1. The van der Waals surface area contributed by atoms with Crippen LogP contribution < -0.4 is 0 Å². The zero-order valence-corrected chi connectivity index (χ0v) is 10.1. The molecule has 6 heteroatoms. The average molecular weight is 248 g/mol. The number of aliphatic carboxylic acids is 1. The SMILES string of the molecule is CCC(C)OC(=O)C(C(=O)O)=C1SCS1. The number of hydrogen-bond donors (Lipinski definition) is 1. The van der Waals surface area contributed by atoms with Gasteiger partial charge in [0.2, 0.25) is 0 Å². The zero-order chi connectivity index (χ0) is 11.4. The molecule has 0 aromatic rings. The third-order valence-electron chi connectivity index (χ3n) is 1.89. The minimum Gasteiger partial charge on any atom is -0.477 e. The topological polar surface area (TPSA) is 63.6 Å². The summed E-state index contributed by atoms with van der Waals surface area (Å²) in [6, 6.07) is 0. The summed E-state index contributed by atoms with van der Waals surface area (Å²) in [4.78, 5) is 22.4. The number of rotatable bonds is 4. The zero-order valence-electron chi connectivity index (χ0n) is 8.48. The van der Waals surface area contributed by atoms with E-state index in [0.717, 1.165) is 5.08 Å². The maximum Gasteiger partial charge on any atom is 0.347 e. The van der Waals surface area contributed by atoms with Crippen molar-refractivity contribution < 1.29 is 19.4 Å². The highest BCUT2D eigenvalue weighted by Crippen LogP contribution is 2.45. The lowest BCUT2D eigenvalue weighted by Crippen LogP contribution is -2.22. The fraction of sp³-hybridized carbons (Fsp3) is 0.556. The van der Waals surface area contributed by atoms with E-state index in [9.17, 15) is 9.59 Å². The fourth-order valence-electron chi connectivity index (χ4n) is 0.845. The number of carbonyl (C=O) groups is 2. The lowest BCUT2D eigenvalue weighted by molar-refractivity contribution is -0.147. The molecule has 0 bridgehead atoms. The summed E-state index contributed by atoms with van der Waals surface area (Å²) in [5.41, 5.74) is -0.225. The molecule has 0 radical (unpaired) electrons. The van der Waals surface area contributed by atoms with Crippen LogP contribution in [0.3, 0.4) is 0 Å². The van der Waals surface area contributed by atoms with Crippen molar-refractivity contribution in [3.8, 4) is 0 Å². The Hall–Kier alpha value is -0.620. The molecule has 0 aliphatic carbocycles. The molecule has 84 valence electrons. The molecule has 0 amide bonds. The number of carboxylic acid groups (broad SMARTS) is 1. The van der Waals surface area contributed by atoms with Crippen LogP contribution >= 0.6 is 23.5 Å². The molecule has 1 saturated heterocycles. The summed E-state index contributed by atoms with van der Waals surface area (Å²) in [5.74, 6) is -1.94. The van der Waals surface area contributed by atoms with Crippen molar-refractivity contribution in [3.05, 3.63) is 9.81 Å². The normalized spacial score (nSPS) is 16.5. The van der Waals surface area contributed by atoms with Crippen LogP contribution in [0.5, 0.6) is 0 Å². The van der Waals surface area contributed by atoms with Gasteiger partial charge in [0.25, 0.3) is 0 Å². The molecule has 0 spiro atoms. The van der Waals surface area contributed by atoms with Gasteiger partial charge in [-0.3, -0.25) is 0 Å². The Bertz CT molecular complexity index is 305. The van der Waals surface area contributed by atoms with E-state index in [1.807, 2.05) is 6.92 Å². The molecule has 1 N–H and O–H groups in total. The number of carbonyl (C=O) groups excluding carboxylic acids is 1. The van der Waals surface area contributed by atoms with Crippen molar-refractivity contribution >= 4 is 35.5 Å². The summed E-state index contributed by atoms with van der Waals surface area (Å²) in [6.07, 6.45) is 0.427. The second-order valence-corrected chi connectivity index (χ2v) is 5.59. The Balaban J connectivity index is 2.73. The third kappa shape index (κ3) is 3.17. The number of carboxylic acids is 1. The van der Waals surface area contributed by atoms with Gasteiger partial charge < -0.3 is 9.84 Å². The Labute approximate surface area is 96.4 Å². The summed E-state index contributed by atoms with van der Waals surface area (Å²) in [6.45, 7) is 3.61. The van der Waals surface area contributed by atoms with E-state index < -0.39 is 11.9 Å². The highest BCUT2D eigenvalue weighted by molar-refractivity contribution is 8.37. The van der Waals surface area contributed by atoms with Gasteiger partial charge in [0.1, 0.15) is 0 Å². The molecule has 0 aromatic carbocycles. The molecule has 1 rings (SSSR count). The highest BCUT2D eigenvalue weighted by Gasteiger charge is 2.29. The van der Waals surface area contributed by atoms with Gasteiger partial charge in [0.15, 0.2) is 5.57 Å². The summed E-state index contributed by atoms with van der Waals surface area (Å²) < 4.78 is 5.53. The molecule has 1 atom stereocenters. The van der Waals surface area contributed by atoms with Gasteiger partial charge in [-0.05, 0) is 13.3 Å². The lowest BCUT2D eigenvalue weighted by atomic mass is 10.3. The van der Waals surface area contributed by atoms with Crippen LogP contribution in [0.2, 0.25) is 0 Å². The van der Waals surface area contributed by atoms with Crippen LogP contribution in [0.4, 0.5) is 0 Å². The number of hydrogen-bond acceptors (Lipinski definition) is 5. The summed E-state index contributed by atoms with van der Waals surface area (Å²) in [7, 11) is 0. The van der Waals surface area contributed by atoms with Gasteiger partial charge >= 0.3 is 11.9 Å². The van der Waals surface area contributed by atoms with Gasteiger partial charge in [-0.25, -0.2) is 9.59 Å². The quantitative estimate of drug-likeness (QED) is 0.355. The Morgan fingerprint density at radius 3 is 2.47 bits per heavy atom. The van der Waals surface area contributed by atoms with Crippen molar-refractivity contribution in [1.82, 2.24) is 0 Å². The molecule has 1 fully saturated rings. The fourth-order valence-corrected chi connectivity index (χ4v) is 2.42. The maximum atomic E-state index is 11.5. The predicted octanol–water partition coefficient (Wildman–Crippen LogP) is 2.06. The first-order valence-electron chi connectivity index (χ1n) is 4.50. The molecule has 4 nitrogen and oxygen atoms in total. The molecule has 1 aliphatic rings. The molecule has 1 aliphatic heterocycles. The molecule has 1 unspecified atom stereocenters. The van der Waals surface area contributed by atoms with Crippen molar-refractivity contribution in [2.45, 2.75) is 26.4 Å². The summed E-state index contributed by atoms with van der Waals surface area (Å²) in [5, 5.41) is 9.67. The van der Waals surface area contributed by atoms with E-state index in [1.54, 1.807) is 6.92 Å². The second-order valence-electron chi connectivity index (χ2n) is 3.00. The van der Waals surface area contributed by atoms with E-state index in [-0.39, 0.29) is 11.7 Å². The molecule has 1 heterocycles. The van der Waals surface area contributed by atoms with Crippen LogP contribution in [0.25, 0.3) is 0 Å². The van der Waals surface area contributed by atoms with Gasteiger partial charge in [-0.2, -0.15) is 0 Å². The number of thioether (sulfide) groups is 2. The smallest absolute Gasteiger partial charge is 0.347 e. The Morgan fingerprint density at radius 2 is 2.13 bits per heavy atom. The minimum absolute atomic E-state index is 0.225. The monoisotopic (exact) mass is 248 g/mol. The van der Waals surface area contributed by atoms with Gasteiger partial charge in [-0.15, -0.1) is 23.5 Å². The lowest BCUT2D eigenvalue weighted by Gasteiger charge is -2.18. The average Bonchev–Trinajstić information content (AvgIpc) is 2.09. The molecule has 0 aromatic heterocycles. The third-order valence-corrected chi connectivity index (χ3v) is 4.47. The van der Waals surface area contributed by atoms with E-state index in [2.05, 4.69) is 0 Å². The second kappa shape index (κ2) is 5.46. The van der Waals surface area contributed by atoms with E-state index in [4.69, 9.17) is 9.84 Å². The predicted molar refractivity (Wildman–Crippen MR) is 60.6 cm³/mol. The van der Waals surface area contributed by atoms with Gasteiger partial charge in [0.05, 0.1) is 10.3 Å². The standard InChI is InChI=1S/C9H12O4S2/c1-3-5(2)13-8(12)6(7(10)11)9-14-4-15-9/h5H,3-4H2,1-2H3,(H,10,11). The Kier molecular flexibility index (Phi) is 4.53. The first kappa shape index (κ1) is 12.4. The Morgan fingerprint density at radius 1 is 1.53 bits per heavy atom. The van der Waals surface area contributed by atoms with E-state index in [1.165, 1.54) is 23.5 Å². The molecular weight excluding hydrogens is 236 g/mol. The minimum atomic E-state index is -1.21. The van der Waals surface area contributed by atoms with Crippen LogP contribution in [0.15, 0.2) is 9.81 Å². The van der Waals surface area contributed by atoms with Crippen LogP contribution in [-0.2, 0) is 14.3 Å². The largest absolute Gasteiger partial charge is 0.477 e. The van der Waals surface area contributed by atoms with Crippen molar-refractivity contribution in [3.63, 3.8) is 0 Å². The van der Waals surface area contributed by atoms with Crippen LogP contribution in [0.1, 0.15) is 20.3 Å². The van der Waals surface area contributed by atoms with Crippen LogP contribution in [0, 0.1) is 0 Å². The highest BCUT2D eigenvalue weighted by atomic mass is 32.3. The van der Waals surface area contributed by atoms with E-state index in [0.29, 0.717) is 10.7 Å². The molecule has 0 saturated carbocycles. The molecule has 15 heavy (non-hydrogen) atoms. The van der Waals surface area contributed by atoms with Gasteiger partial charge in [-0.1, -0.05) is 6.92 Å². The molecular formula is C9H12O4S2.